The lowest BCUT2D eigenvalue weighted by molar-refractivity contribution is 0.318. The molecule has 3 aromatic rings. The van der Waals surface area contributed by atoms with Crippen molar-refractivity contribution in [1.82, 2.24) is 4.57 Å². The number of hydrogen-bond acceptors (Lipinski definition) is 4. The van der Waals surface area contributed by atoms with E-state index in [1.54, 1.807) is 42.7 Å². The molecule has 0 saturated carbocycles. The minimum absolute atomic E-state index is 0.0759. The molecule has 0 amide bonds. The lowest BCUT2D eigenvalue weighted by Crippen LogP contribution is -2.15. The van der Waals surface area contributed by atoms with Crippen LogP contribution in [0.3, 0.4) is 0 Å². The first-order valence-electron chi connectivity index (χ1n) is 7.71. The first-order valence-corrected chi connectivity index (χ1v) is 8.47. The molecule has 0 spiro atoms. The molecular formula is C18H17Cl2N3O3. The van der Waals surface area contributed by atoms with Crippen molar-refractivity contribution in [2.75, 3.05) is 0 Å². The number of rotatable bonds is 3. The number of nitrogens with zero attached hydrogens (tertiary/aromatic N) is 2. The Morgan fingerprint density at radius 2 is 1.73 bits per heavy atom. The van der Waals surface area contributed by atoms with Gasteiger partial charge in [0.15, 0.2) is 11.1 Å². The molecule has 0 aliphatic carbocycles. The zero-order chi connectivity index (χ0) is 19.2. The molecule has 26 heavy (non-hydrogen) atoms. The van der Waals surface area contributed by atoms with E-state index in [2.05, 4.69) is 5.16 Å². The zero-order valence-electron chi connectivity index (χ0n) is 14.3. The lowest BCUT2D eigenvalue weighted by Gasteiger charge is -2.13. The van der Waals surface area contributed by atoms with E-state index in [4.69, 9.17) is 33.4 Å². The Balaban J connectivity index is 2.47. The van der Waals surface area contributed by atoms with Gasteiger partial charge in [0.1, 0.15) is 16.7 Å². The van der Waals surface area contributed by atoms with Gasteiger partial charge in [-0.25, -0.2) is 0 Å². The highest BCUT2D eigenvalue weighted by Crippen LogP contribution is 2.42. The highest BCUT2D eigenvalue weighted by molar-refractivity contribution is 6.32. The van der Waals surface area contributed by atoms with Crippen molar-refractivity contribution in [2.24, 2.45) is 10.9 Å². The Kier molecular flexibility index (Phi) is 4.64. The molecule has 0 bridgehead atoms. The van der Waals surface area contributed by atoms with Crippen molar-refractivity contribution in [2.45, 2.75) is 20.8 Å². The van der Waals surface area contributed by atoms with Crippen LogP contribution in [-0.2, 0) is 0 Å². The number of furan rings is 1. The van der Waals surface area contributed by atoms with Gasteiger partial charge in [-0.3, -0.25) is 4.57 Å². The average Bonchev–Trinajstić information content (AvgIpc) is 3.01. The quantitative estimate of drug-likeness (QED) is 0.258. The zero-order valence-corrected chi connectivity index (χ0v) is 15.9. The number of oxime groups is 1. The van der Waals surface area contributed by atoms with E-state index in [0.717, 1.165) is 0 Å². The minimum atomic E-state index is -0.0759. The molecule has 0 fully saturated rings. The summed E-state index contributed by atoms with van der Waals surface area (Å²) in [7, 11) is 0. The lowest BCUT2D eigenvalue weighted by atomic mass is 10.0. The first kappa shape index (κ1) is 18.2. The molecule has 3 rings (SSSR count). The van der Waals surface area contributed by atoms with Crippen LogP contribution in [0.25, 0.3) is 16.9 Å². The van der Waals surface area contributed by atoms with Crippen LogP contribution in [0.4, 0.5) is 0 Å². The Morgan fingerprint density at radius 1 is 1.12 bits per heavy atom. The van der Waals surface area contributed by atoms with Crippen LogP contribution in [0.15, 0.2) is 33.8 Å². The third-order valence-corrected chi connectivity index (χ3v) is 5.13. The van der Waals surface area contributed by atoms with Gasteiger partial charge in [0, 0.05) is 16.8 Å². The van der Waals surface area contributed by atoms with E-state index < -0.39 is 0 Å². The summed E-state index contributed by atoms with van der Waals surface area (Å²) in [5, 5.41) is 22.7. The van der Waals surface area contributed by atoms with Gasteiger partial charge in [0.25, 0.3) is 0 Å². The summed E-state index contributed by atoms with van der Waals surface area (Å²) in [5.41, 5.74) is 9.78. The van der Waals surface area contributed by atoms with Crippen LogP contribution in [0, 0.1) is 20.8 Å². The largest absolute Gasteiger partial charge is 0.508 e. The summed E-state index contributed by atoms with van der Waals surface area (Å²) >= 11 is 12.8. The maximum atomic E-state index is 9.59. The Hall–Kier alpha value is -2.57. The molecule has 0 atom stereocenters. The smallest absolute Gasteiger partial charge is 0.197 e. The molecule has 6 nitrogen and oxygen atoms in total. The number of phenolic OH excluding ortho intramolecular Hbond substituents is 1. The summed E-state index contributed by atoms with van der Waals surface area (Å²) in [6.45, 7) is 5.38. The maximum absolute atomic E-state index is 9.59. The maximum Gasteiger partial charge on any atom is 0.197 e. The summed E-state index contributed by atoms with van der Waals surface area (Å²) in [6, 6.07) is 6.53. The van der Waals surface area contributed by atoms with Gasteiger partial charge in [-0.05, 0) is 62.2 Å². The fourth-order valence-corrected chi connectivity index (χ4v) is 3.56. The summed E-state index contributed by atoms with van der Waals surface area (Å²) in [4.78, 5) is 0. The minimum Gasteiger partial charge on any atom is -0.508 e. The van der Waals surface area contributed by atoms with Crippen molar-refractivity contribution >= 4 is 29.0 Å². The molecular weight excluding hydrogens is 377 g/mol. The fraction of sp³-hybridized carbons (Fsp3) is 0.167. The van der Waals surface area contributed by atoms with Gasteiger partial charge >= 0.3 is 0 Å². The van der Waals surface area contributed by atoms with Gasteiger partial charge in [-0.2, -0.15) is 0 Å². The molecule has 0 radical (unpaired) electrons. The van der Waals surface area contributed by atoms with E-state index in [-0.39, 0.29) is 16.8 Å². The highest BCUT2D eigenvalue weighted by Gasteiger charge is 2.28. The fourth-order valence-electron chi connectivity index (χ4n) is 3.07. The molecule has 0 unspecified atom stereocenters. The molecule has 0 aliphatic heterocycles. The second-order valence-corrected chi connectivity index (χ2v) is 6.61. The predicted octanol–water partition coefficient (Wildman–Crippen LogP) is 4.77. The van der Waals surface area contributed by atoms with Crippen molar-refractivity contribution in [3.05, 3.63) is 57.1 Å². The average molecular weight is 394 g/mol. The third kappa shape index (κ3) is 2.71. The van der Waals surface area contributed by atoms with E-state index in [1.807, 2.05) is 6.92 Å². The van der Waals surface area contributed by atoms with E-state index in [9.17, 15) is 10.3 Å². The summed E-state index contributed by atoms with van der Waals surface area (Å²) in [6.07, 6.45) is 0. The third-order valence-electron chi connectivity index (χ3n) is 4.31. The predicted molar refractivity (Wildman–Crippen MR) is 102 cm³/mol. The SMILES string of the molecule is Cc1oc(Cl)c(C)c1-c1c(C(N)=NO)c(C)c(Cl)n1-c1ccc(O)cc1. The highest BCUT2D eigenvalue weighted by atomic mass is 35.5. The van der Waals surface area contributed by atoms with Crippen molar-refractivity contribution in [3.8, 4) is 22.7 Å². The molecule has 4 N–H and O–H groups in total. The Labute approximate surface area is 160 Å². The Morgan fingerprint density at radius 3 is 2.23 bits per heavy atom. The van der Waals surface area contributed by atoms with Crippen molar-refractivity contribution in [3.63, 3.8) is 0 Å². The number of aromatic hydroxyl groups is 1. The standard InChI is InChI=1S/C18H17Cl2N3O3/c1-8-14(18(21)22-25)15(13-9(2)17(20)26-10(13)3)23(16(8)19)11-4-6-12(24)7-5-11/h4-7,24-25H,1-3H3,(H2,21,22). The number of nitrogens with two attached hydrogens (primary N) is 1. The molecule has 2 aromatic heterocycles. The van der Waals surface area contributed by atoms with Crippen LogP contribution in [0.5, 0.6) is 5.75 Å². The van der Waals surface area contributed by atoms with Gasteiger partial charge in [0.05, 0.1) is 11.3 Å². The van der Waals surface area contributed by atoms with Gasteiger partial charge < -0.3 is 20.5 Å². The van der Waals surface area contributed by atoms with Gasteiger partial charge in [0.2, 0.25) is 0 Å². The second-order valence-electron chi connectivity index (χ2n) is 5.91. The van der Waals surface area contributed by atoms with Gasteiger partial charge in [-0.15, -0.1) is 0 Å². The number of halogens is 2. The molecule has 136 valence electrons. The van der Waals surface area contributed by atoms with Crippen LogP contribution in [0.1, 0.15) is 22.5 Å². The number of phenols is 1. The molecule has 2 heterocycles. The normalized spacial score (nSPS) is 12.0. The summed E-state index contributed by atoms with van der Waals surface area (Å²) < 4.78 is 7.31. The van der Waals surface area contributed by atoms with E-state index >= 15 is 0 Å². The number of amidine groups is 1. The number of hydrogen-bond donors (Lipinski definition) is 3. The Bertz CT molecular complexity index is 1020. The van der Waals surface area contributed by atoms with Crippen LogP contribution in [-0.4, -0.2) is 20.7 Å². The molecule has 8 heteroatoms. The monoisotopic (exact) mass is 393 g/mol. The van der Waals surface area contributed by atoms with E-state index in [0.29, 0.717) is 44.5 Å². The van der Waals surface area contributed by atoms with Gasteiger partial charge in [-0.1, -0.05) is 16.8 Å². The first-order chi connectivity index (χ1) is 12.3. The number of benzene rings is 1. The number of aryl methyl sites for hydroxylation is 1. The summed E-state index contributed by atoms with van der Waals surface area (Å²) in [5.74, 6) is 0.632. The molecule has 0 saturated heterocycles. The number of aromatic nitrogens is 1. The topological polar surface area (TPSA) is 96.9 Å². The molecule has 1 aromatic carbocycles. The second kappa shape index (κ2) is 6.63. The van der Waals surface area contributed by atoms with Crippen molar-refractivity contribution in [1.29, 1.82) is 0 Å². The van der Waals surface area contributed by atoms with Crippen LogP contribution < -0.4 is 5.73 Å². The van der Waals surface area contributed by atoms with E-state index in [1.165, 1.54) is 0 Å². The van der Waals surface area contributed by atoms with Crippen molar-refractivity contribution < 1.29 is 14.7 Å². The van der Waals surface area contributed by atoms with Crippen LogP contribution in [0.2, 0.25) is 10.4 Å². The van der Waals surface area contributed by atoms with Crippen LogP contribution >= 0.6 is 23.2 Å². The molecule has 0 aliphatic rings.